The lowest BCUT2D eigenvalue weighted by atomic mass is 10.0. The Morgan fingerprint density at radius 2 is 1.67 bits per heavy atom. The first-order chi connectivity index (χ1) is 15.9. The van der Waals surface area contributed by atoms with Gasteiger partial charge in [-0.2, -0.15) is 9.61 Å². The van der Waals surface area contributed by atoms with Crippen molar-refractivity contribution >= 4 is 58.0 Å². The van der Waals surface area contributed by atoms with E-state index < -0.39 is 10.0 Å². The van der Waals surface area contributed by atoms with Crippen LogP contribution in [0.5, 0.6) is 0 Å². The molecule has 2 aromatic heterocycles. The predicted octanol–water partition coefficient (Wildman–Crippen LogP) is 3.67. The molecule has 168 valence electrons. The van der Waals surface area contributed by atoms with E-state index in [-0.39, 0.29) is 9.92 Å². The van der Waals surface area contributed by atoms with Crippen LogP contribution in [0, 0.1) is 0 Å². The van der Waals surface area contributed by atoms with Crippen molar-refractivity contribution in [3.63, 3.8) is 0 Å². The Morgan fingerprint density at radius 3 is 2.42 bits per heavy atom. The van der Waals surface area contributed by atoms with Crippen molar-refractivity contribution < 1.29 is 8.42 Å². The van der Waals surface area contributed by atoms with Crippen LogP contribution in [0.15, 0.2) is 65.7 Å². The molecule has 0 bridgehead atoms. The fourth-order valence-corrected chi connectivity index (χ4v) is 5.15. The van der Waals surface area contributed by atoms with Gasteiger partial charge in [0.15, 0.2) is 5.65 Å². The van der Waals surface area contributed by atoms with Crippen LogP contribution in [0.1, 0.15) is 12.8 Å². The van der Waals surface area contributed by atoms with Gasteiger partial charge in [-0.15, -0.1) is 0 Å². The van der Waals surface area contributed by atoms with Crippen LogP contribution in [-0.4, -0.2) is 44.0 Å². The molecule has 0 unspecified atom stereocenters. The maximum Gasteiger partial charge on any atom is 0.242 e. The van der Waals surface area contributed by atoms with E-state index in [4.69, 9.17) is 31.0 Å². The van der Waals surface area contributed by atoms with Crippen molar-refractivity contribution in [3.8, 4) is 11.3 Å². The van der Waals surface area contributed by atoms with Gasteiger partial charge >= 0.3 is 0 Å². The van der Waals surface area contributed by atoms with Crippen LogP contribution >= 0.6 is 23.2 Å². The van der Waals surface area contributed by atoms with Crippen molar-refractivity contribution in [2.24, 2.45) is 0 Å². The first kappa shape index (κ1) is 23.6. The average molecular weight is 500 g/mol. The van der Waals surface area contributed by atoms with Crippen molar-refractivity contribution in [2.45, 2.75) is 17.7 Å². The van der Waals surface area contributed by atoms with Crippen LogP contribution < -0.4 is 15.5 Å². The molecule has 7 nitrogen and oxygen atoms in total. The summed E-state index contributed by atoms with van der Waals surface area (Å²) in [5.74, 6) is 0.711. The Balaban J connectivity index is 1.40. The molecular formula is C22H20BCl2N5O2S. The number of nitrogens with zero attached hydrogens (tertiary/aromatic N) is 3. The minimum Gasteiger partial charge on any atom is -0.370 e. The first-order valence-corrected chi connectivity index (χ1v) is 12.5. The maximum absolute atomic E-state index is 12.4. The van der Waals surface area contributed by atoms with E-state index in [1.165, 1.54) is 6.07 Å². The smallest absolute Gasteiger partial charge is 0.242 e. The van der Waals surface area contributed by atoms with Gasteiger partial charge < -0.3 is 5.32 Å². The summed E-state index contributed by atoms with van der Waals surface area (Å²) in [6.45, 7) is 0.884. The number of aromatic nitrogens is 3. The molecule has 2 aromatic carbocycles. The number of benzene rings is 2. The van der Waals surface area contributed by atoms with Gasteiger partial charge in [0.05, 0.1) is 10.7 Å². The summed E-state index contributed by atoms with van der Waals surface area (Å²) in [5.41, 5.74) is 2.46. The molecule has 0 aliphatic heterocycles. The fraction of sp³-hybridized carbons (Fsp3) is 0.182. The number of hydrogen-bond donors (Lipinski definition) is 2. The third-order valence-electron chi connectivity index (χ3n) is 4.98. The molecule has 2 N–H and O–H groups in total. The number of halogens is 2. The van der Waals surface area contributed by atoms with Gasteiger partial charge in [-0.05, 0) is 36.5 Å². The highest BCUT2D eigenvalue weighted by Crippen LogP contribution is 2.28. The van der Waals surface area contributed by atoms with E-state index in [0.29, 0.717) is 53.6 Å². The van der Waals surface area contributed by atoms with E-state index in [2.05, 4.69) is 20.1 Å². The Hall–Kier alpha value is -2.59. The molecule has 0 aliphatic rings. The molecule has 4 rings (SSSR count). The van der Waals surface area contributed by atoms with Gasteiger partial charge in [0.1, 0.15) is 18.6 Å². The highest BCUT2D eigenvalue weighted by molar-refractivity contribution is 7.89. The number of rotatable bonds is 9. The second-order valence-electron chi connectivity index (χ2n) is 7.30. The van der Waals surface area contributed by atoms with Crippen molar-refractivity contribution in [2.75, 3.05) is 18.4 Å². The van der Waals surface area contributed by atoms with E-state index in [1.54, 1.807) is 35.0 Å². The predicted molar refractivity (Wildman–Crippen MR) is 133 cm³/mol. The average Bonchev–Trinajstić information content (AvgIpc) is 3.17. The summed E-state index contributed by atoms with van der Waals surface area (Å²) in [5, 5.41) is 8.41. The zero-order valence-electron chi connectivity index (χ0n) is 17.5. The molecule has 2 heterocycles. The Bertz CT molecular complexity index is 1390. The van der Waals surface area contributed by atoms with Gasteiger partial charge in [0, 0.05) is 35.9 Å². The Labute approximate surface area is 203 Å². The molecule has 0 saturated heterocycles. The zero-order valence-corrected chi connectivity index (χ0v) is 19.8. The Kier molecular flexibility index (Phi) is 7.24. The molecule has 0 aliphatic carbocycles. The lowest BCUT2D eigenvalue weighted by Gasteiger charge is -2.12. The molecule has 2 radical (unpaired) electrons. The van der Waals surface area contributed by atoms with Crippen molar-refractivity contribution in [3.05, 3.63) is 70.8 Å². The van der Waals surface area contributed by atoms with Crippen molar-refractivity contribution in [1.29, 1.82) is 0 Å². The topological polar surface area (TPSA) is 88.4 Å². The molecule has 0 spiro atoms. The van der Waals surface area contributed by atoms with Gasteiger partial charge in [0.25, 0.3) is 0 Å². The maximum atomic E-state index is 12.4. The lowest BCUT2D eigenvalue weighted by molar-refractivity contribution is 0.577. The highest BCUT2D eigenvalue weighted by atomic mass is 35.5. The monoisotopic (exact) mass is 499 g/mol. The van der Waals surface area contributed by atoms with Gasteiger partial charge in [-0.3, -0.25) is 0 Å². The molecule has 0 atom stereocenters. The number of unbranched alkanes of at least 4 members (excludes halogenated alkanes) is 1. The summed E-state index contributed by atoms with van der Waals surface area (Å²) >= 11 is 12.3. The fourth-order valence-electron chi connectivity index (χ4n) is 3.33. The summed E-state index contributed by atoms with van der Waals surface area (Å²) in [4.78, 5) is 4.69. The molecule has 11 heteroatoms. The van der Waals surface area contributed by atoms with E-state index in [9.17, 15) is 8.42 Å². The van der Waals surface area contributed by atoms with Gasteiger partial charge in [-0.1, -0.05) is 53.5 Å². The highest BCUT2D eigenvalue weighted by Gasteiger charge is 2.16. The minimum atomic E-state index is -3.65. The number of hydrogen-bond acceptors (Lipinski definition) is 5. The SMILES string of the molecule is [B]c1cnn2c(NCCCCNS(=O)(=O)c3ccccc3Cl)cc(-c3ccccc3Cl)nc12. The number of sulfonamides is 1. The molecule has 33 heavy (non-hydrogen) atoms. The molecule has 0 fully saturated rings. The van der Waals surface area contributed by atoms with Crippen molar-refractivity contribution in [1.82, 2.24) is 19.3 Å². The summed E-state index contributed by atoms with van der Waals surface area (Å²) in [7, 11) is 2.39. The van der Waals surface area contributed by atoms with Gasteiger partial charge in [0.2, 0.25) is 10.0 Å². The molecule has 0 saturated carbocycles. The van der Waals surface area contributed by atoms with Crippen LogP contribution in [-0.2, 0) is 10.0 Å². The van der Waals surface area contributed by atoms with Crippen LogP contribution in [0.4, 0.5) is 5.82 Å². The van der Waals surface area contributed by atoms with E-state index in [1.807, 2.05) is 24.3 Å². The van der Waals surface area contributed by atoms with E-state index >= 15 is 0 Å². The molecule has 4 aromatic rings. The van der Waals surface area contributed by atoms with Crippen LogP contribution in [0.25, 0.3) is 16.9 Å². The first-order valence-electron chi connectivity index (χ1n) is 10.2. The summed E-state index contributed by atoms with van der Waals surface area (Å²) in [6, 6.07) is 15.7. The minimum absolute atomic E-state index is 0.0762. The zero-order chi connectivity index (χ0) is 23.4. The third-order valence-corrected chi connectivity index (χ3v) is 7.27. The van der Waals surface area contributed by atoms with Gasteiger partial charge in [-0.25, -0.2) is 18.1 Å². The van der Waals surface area contributed by atoms with E-state index in [0.717, 1.165) is 5.56 Å². The molecular weight excluding hydrogens is 480 g/mol. The second kappa shape index (κ2) is 10.1. The quantitative estimate of drug-likeness (QED) is 0.271. The summed E-state index contributed by atoms with van der Waals surface area (Å²) in [6.07, 6.45) is 2.89. The van der Waals surface area contributed by atoms with Crippen LogP contribution in [0.2, 0.25) is 10.0 Å². The number of anilines is 1. The Morgan fingerprint density at radius 1 is 0.970 bits per heavy atom. The normalized spacial score (nSPS) is 11.7. The third kappa shape index (κ3) is 5.33. The standard InChI is InChI=1S/C22H20BCl2N5O2S/c23-16-14-27-30-21(13-19(29-22(16)30)15-7-1-2-8-17(15)24)26-11-5-6-12-28-33(31,32)20-10-4-3-9-18(20)25/h1-4,7-10,13-14,26,28H,5-6,11-12H2. The molecule has 0 amide bonds. The largest absolute Gasteiger partial charge is 0.370 e. The lowest BCUT2D eigenvalue weighted by Crippen LogP contribution is -2.25. The van der Waals surface area contributed by atoms with Crippen LogP contribution in [0.3, 0.4) is 0 Å². The number of nitrogens with one attached hydrogen (secondary N) is 2. The number of fused-ring (bicyclic) bond motifs is 1. The second-order valence-corrected chi connectivity index (χ2v) is 9.85. The summed E-state index contributed by atoms with van der Waals surface area (Å²) < 4.78 is 29.0.